The number of nitrogens with zero attached hydrogens (tertiary/aromatic N) is 4. The van der Waals surface area contributed by atoms with Crippen LogP contribution in [0.2, 0.25) is 0 Å². The second kappa shape index (κ2) is 7.22. The van der Waals surface area contributed by atoms with Crippen LogP contribution >= 0.6 is 11.3 Å². The molecule has 0 aliphatic heterocycles. The summed E-state index contributed by atoms with van der Waals surface area (Å²) in [5, 5.41) is 14.8. The summed E-state index contributed by atoms with van der Waals surface area (Å²) in [5.41, 5.74) is 1.87. The van der Waals surface area contributed by atoms with Crippen molar-refractivity contribution >= 4 is 28.1 Å². The maximum atomic E-state index is 13.7. The zero-order valence-corrected chi connectivity index (χ0v) is 16.6. The zero-order chi connectivity index (χ0) is 21.5. The minimum atomic E-state index is -4.64. The lowest BCUT2D eigenvalue weighted by Gasteiger charge is -2.30. The number of benzene rings is 2. The topological polar surface area (TPSA) is 69.9 Å². The van der Waals surface area contributed by atoms with Gasteiger partial charge in [-0.25, -0.2) is 0 Å². The van der Waals surface area contributed by atoms with Crippen molar-refractivity contribution in [1.82, 2.24) is 10.2 Å². The van der Waals surface area contributed by atoms with Gasteiger partial charge in [0.1, 0.15) is 0 Å². The van der Waals surface area contributed by atoms with E-state index in [1.54, 1.807) is 49.4 Å². The number of amides is 1. The van der Waals surface area contributed by atoms with Crippen molar-refractivity contribution in [3.63, 3.8) is 0 Å². The van der Waals surface area contributed by atoms with Gasteiger partial charge in [-0.3, -0.25) is 9.69 Å². The number of hydrogen-bond donors (Lipinski definition) is 0. The Labute approximate surface area is 174 Å². The summed E-state index contributed by atoms with van der Waals surface area (Å²) in [6.45, 7) is 1.78. The van der Waals surface area contributed by atoms with E-state index in [1.807, 2.05) is 6.07 Å². The van der Waals surface area contributed by atoms with Crippen LogP contribution in [0.3, 0.4) is 0 Å². The third-order valence-corrected chi connectivity index (χ3v) is 6.03. The van der Waals surface area contributed by atoms with E-state index < -0.39 is 16.6 Å². The molecule has 0 bridgehead atoms. The lowest BCUT2D eigenvalue weighted by atomic mass is 9.85. The van der Waals surface area contributed by atoms with Crippen molar-refractivity contribution in [2.75, 3.05) is 4.90 Å². The lowest BCUT2D eigenvalue weighted by molar-refractivity contribution is -0.138. The smallest absolute Gasteiger partial charge is 0.273 e. The van der Waals surface area contributed by atoms with Gasteiger partial charge in [-0.1, -0.05) is 42.5 Å². The summed E-state index contributed by atoms with van der Waals surface area (Å²) in [4.78, 5) is 14.9. The van der Waals surface area contributed by atoms with Crippen LogP contribution in [-0.4, -0.2) is 16.1 Å². The van der Waals surface area contributed by atoms with Crippen LogP contribution in [-0.2, 0) is 23.8 Å². The number of anilines is 2. The fourth-order valence-corrected chi connectivity index (χ4v) is 4.40. The molecule has 1 heterocycles. The number of carbonyl (C=O) groups is 1. The maximum absolute atomic E-state index is 13.7. The summed E-state index contributed by atoms with van der Waals surface area (Å²) in [7, 11) is 0. The first-order chi connectivity index (χ1) is 14.2. The van der Waals surface area contributed by atoms with Crippen molar-refractivity contribution < 1.29 is 18.0 Å². The van der Waals surface area contributed by atoms with E-state index in [1.165, 1.54) is 4.90 Å². The van der Waals surface area contributed by atoms with E-state index in [0.29, 0.717) is 35.4 Å². The van der Waals surface area contributed by atoms with Crippen LogP contribution < -0.4 is 4.90 Å². The molecule has 2 aromatic carbocycles. The van der Waals surface area contributed by atoms with Crippen LogP contribution in [0.4, 0.5) is 24.0 Å². The van der Waals surface area contributed by atoms with Crippen molar-refractivity contribution in [3.8, 4) is 6.07 Å². The molecule has 1 aliphatic carbocycles. The van der Waals surface area contributed by atoms with E-state index in [-0.39, 0.29) is 11.0 Å². The molecule has 30 heavy (non-hydrogen) atoms. The van der Waals surface area contributed by atoms with E-state index in [4.69, 9.17) is 5.26 Å². The summed E-state index contributed by atoms with van der Waals surface area (Å²) in [5.74, 6) is -0.367. The summed E-state index contributed by atoms with van der Waals surface area (Å²) < 4.78 is 39.2. The van der Waals surface area contributed by atoms with Gasteiger partial charge in [-0.05, 0) is 48.2 Å². The highest BCUT2D eigenvalue weighted by Gasteiger charge is 2.44. The number of para-hydroxylation sites is 1. The molecule has 4 rings (SSSR count). The van der Waals surface area contributed by atoms with Gasteiger partial charge in [0, 0.05) is 0 Å². The van der Waals surface area contributed by atoms with Crippen LogP contribution in [0, 0.1) is 16.7 Å². The second-order valence-corrected chi connectivity index (χ2v) is 8.33. The number of fused-ring (bicyclic) bond motifs is 1. The van der Waals surface area contributed by atoms with E-state index in [9.17, 15) is 18.0 Å². The monoisotopic (exact) mass is 428 g/mol. The molecule has 1 amide bonds. The molecule has 0 radical (unpaired) electrons. The molecule has 0 saturated heterocycles. The Morgan fingerprint density at radius 2 is 1.83 bits per heavy atom. The Morgan fingerprint density at radius 3 is 2.47 bits per heavy atom. The first kappa shape index (κ1) is 20.0. The average Bonchev–Trinajstić information content (AvgIpc) is 3.33. The second-order valence-electron chi connectivity index (χ2n) is 7.37. The Kier molecular flexibility index (Phi) is 4.82. The van der Waals surface area contributed by atoms with Crippen LogP contribution in [0.15, 0.2) is 48.5 Å². The molecular formula is C21H15F3N4OS. The number of alkyl halides is 3. The highest BCUT2D eigenvalue weighted by molar-refractivity contribution is 7.15. The third kappa shape index (κ3) is 3.55. The average molecular weight is 428 g/mol. The molecule has 3 aromatic rings. The predicted molar refractivity (Wildman–Crippen MR) is 105 cm³/mol. The first-order valence-electron chi connectivity index (χ1n) is 9.03. The molecule has 1 atom stereocenters. The van der Waals surface area contributed by atoms with Gasteiger partial charge >= 0.3 is 6.18 Å². The molecule has 0 fully saturated rings. The number of rotatable bonds is 3. The highest BCUT2D eigenvalue weighted by atomic mass is 32.1. The standard InChI is InChI=1S/C21H15F3N4OS/c1-20(10-14-8-7-13(12-25)9-15(14)11-20)18(29)28(16-5-3-2-4-6-16)19-27-26-17(30-19)21(22,23)24/h2-9H,10-11H2,1H3. The molecule has 9 heteroatoms. The molecule has 0 saturated carbocycles. The molecule has 1 aliphatic rings. The molecule has 1 unspecified atom stereocenters. The molecule has 0 spiro atoms. The minimum absolute atomic E-state index is 0.131. The van der Waals surface area contributed by atoms with Gasteiger partial charge in [0.2, 0.25) is 16.0 Å². The summed E-state index contributed by atoms with van der Waals surface area (Å²) in [6, 6.07) is 15.8. The lowest BCUT2D eigenvalue weighted by Crippen LogP contribution is -2.40. The largest absolute Gasteiger partial charge is 0.445 e. The van der Waals surface area contributed by atoms with Gasteiger partial charge in [-0.2, -0.15) is 18.4 Å². The summed E-state index contributed by atoms with van der Waals surface area (Å²) in [6.07, 6.45) is -3.84. The normalized spacial score (nSPS) is 18.0. The van der Waals surface area contributed by atoms with Crippen LogP contribution in [0.25, 0.3) is 0 Å². The maximum Gasteiger partial charge on any atom is 0.445 e. The van der Waals surface area contributed by atoms with Crippen LogP contribution in [0.1, 0.15) is 28.6 Å². The SMILES string of the molecule is CC1(C(=O)N(c2ccccc2)c2nnc(C(F)(F)F)s2)Cc2ccc(C#N)cc2C1. The molecular weight excluding hydrogens is 413 g/mol. The number of aromatic nitrogens is 2. The van der Waals surface area contributed by atoms with E-state index in [2.05, 4.69) is 16.3 Å². The molecule has 5 nitrogen and oxygen atoms in total. The van der Waals surface area contributed by atoms with Gasteiger partial charge in [0.05, 0.1) is 22.7 Å². The van der Waals surface area contributed by atoms with Crippen molar-refractivity contribution in [2.24, 2.45) is 5.41 Å². The Balaban J connectivity index is 1.74. The predicted octanol–water partition coefficient (Wildman–Crippen LogP) is 4.90. The number of hydrogen-bond acceptors (Lipinski definition) is 5. The minimum Gasteiger partial charge on any atom is -0.273 e. The number of halogens is 3. The molecule has 0 N–H and O–H groups in total. The fraction of sp³-hybridized carbons (Fsp3) is 0.238. The molecule has 152 valence electrons. The summed E-state index contributed by atoms with van der Waals surface area (Å²) >= 11 is 0.333. The number of nitriles is 1. The van der Waals surface area contributed by atoms with Gasteiger partial charge < -0.3 is 0 Å². The van der Waals surface area contributed by atoms with E-state index >= 15 is 0 Å². The van der Waals surface area contributed by atoms with Gasteiger partial charge in [0.25, 0.3) is 0 Å². The number of carbonyl (C=O) groups excluding carboxylic acids is 1. The molecule has 1 aromatic heterocycles. The zero-order valence-electron chi connectivity index (χ0n) is 15.8. The van der Waals surface area contributed by atoms with Gasteiger partial charge in [0.15, 0.2) is 0 Å². The Morgan fingerprint density at radius 1 is 1.13 bits per heavy atom. The van der Waals surface area contributed by atoms with Crippen molar-refractivity contribution in [3.05, 3.63) is 70.2 Å². The highest BCUT2D eigenvalue weighted by Crippen LogP contribution is 2.43. The van der Waals surface area contributed by atoms with Crippen molar-refractivity contribution in [2.45, 2.75) is 25.9 Å². The first-order valence-corrected chi connectivity index (χ1v) is 9.85. The quantitative estimate of drug-likeness (QED) is 0.595. The van der Waals surface area contributed by atoms with Crippen LogP contribution in [0.5, 0.6) is 0 Å². The fourth-order valence-electron chi connectivity index (χ4n) is 3.67. The van der Waals surface area contributed by atoms with E-state index in [0.717, 1.165) is 11.1 Å². The Hall–Kier alpha value is -3.25. The third-order valence-electron chi connectivity index (χ3n) is 5.08. The Bertz CT molecular complexity index is 1150. The van der Waals surface area contributed by atoms with Crippen molar-refractivity contribution in [1.29, 1.82) is 5.26 Å². The van der Waals surface area contributed by atoms with Gasteiger partial charge in [-0.15, -0.1) is 10.2 Å².